The summed E-state index contributed by atoms with van der Waals surface area (Å²) in [5.41, 5.74) is -0.178. The van der Waals surface area contributed by atoms with Gasteiger partial charge in [-0.2, -0.15) is 0 Å². The van der Waals surface area contributed by atoms with Gasteiger partial charge in [-0.15, -0.1) is 0 Å². The van der Waals surface area contributed by atoms with E-state index in [0.717, 1.165) is 33.2 Å². The first-order valence-corrected chi connectivity index (χ1v) is 12.4. The molecule has 3 aromatic rings. The molecule has 0 aliphatic carbocycles. The first kappa shape index (κ1) is 15.1. The zero-order chi connectivity index (χ0) is 42.3. The summed E-state index contributed by atoms with van der Waals surface area (Å²) in [5.74, 6) is -3.76. The Kier molecular flexibility index (Phi) is 4.45. The number of amides is 2. The van der Waals surface area contributed by atoms with Crippen molar-refractivity contribution in [1.29, 1.82) is 0 Å². The second-order valence-corrected chi connectivity index (χ2v) is 9.08. The van der Waals surface area contributed by atoms with Crippen LogP contribution < -0.4 is 10.2 Å². The molecule has 5 rings (SSSR count). The lowest BCUT2D eigenvalue weighted by Gasteiger charge is -2.37. The van der Waals surface area contributed by atoms with Crippen molar-refractivity contribution in [3.05, 3.63) is 95.0 Å². The van der Waals surface area contributed by atoms with E-state index in [1.54, 1.807) is 30.3 Å². The van der Waals surface area contributed by atoms with E-state index in [0.29, 0.717) is 21.6 Å². The number of likely N-dealkylation sites (N-methyl/N-ethyl adjacent to an activating group) is 2. The van der Waals surface area contributed by atoms with Gasteiger partial charge in [0.1, 0.15) is 0 Å². The van der Waals surface area contributed by atoms with Crippen LogP contribution in [0, 0.1) is 0 Å². The zero-order valence-electron chi connectivity index (χ0n) is 37.4. The number of methoxy groups -OCH3 is 1. The van der Waals surface area contributed by atoms with Gasteiger partial charge in [-0.25, -0.2) is 4.79 Å². The van der Waals surface area contributed by atoms with E-state index < -0.39 is 86.1 Å². The van der Waals surface area contributed by atoms with E-state index in [2.05, 4.69) is 10.1 Å². The summed E-state index contributed by atoms with van der Waals surface area (Å²) >= 11 is 0. The highest BCUT2D eigenvalue weighted by Gasteiger charge is 2.29. The summed E-state index contributed by atoms with van der Waals surface area (Å²) in [6, 6.07) is 8.93. The molecule has 0 radical (unpaired) electrons. The predicted octanol–water partition coefficient (Wildman–Crippen LogP) is 4.18. The fraction of sp³-hybridized carbons (Fsp3) is 0.303. The van der Waals surface area contributed by atoms with E-state index >= 15 is 0 Å². The van der Waals surface area contributed by atoms with Crippen LogP contribution >= 0.6 is 0 Å². The van der Waals surface area contributed by atoms with Crippen molar-refractivity contribution < 1.29 is 39.7 Å². The molecule has 0 bridgehead atoms. The maximum atomic E-state index is 14.0. The van der Waals surface area contributed by atoms with Gasteiger partial charge in [0.15, 0.2) is 0 Å². The number of ether oxygens (including phenoxy) is 1. The Morgan fingerprint density at radius 3 is 2.63 bits per heavy atom. The van der Waals surface area contributed by atoms with E-state index in [9.17, 15) is 14.4 Å². The van der Waals surface area contributed by atoms with Gasteiger partial charge < -0.3 is 19.9 Å². The largest absolute Gasteiger partial charge is 0.465 e. The third-order valence-corrected chi connectivity index (χ3v) is 6.43. The van der Waals surface area contributed by atoms with E-state index in [-0.39, 0.29) is 33.0 Å². The first-order chi connectivity index (χ1) is 25.6. The van der Waals surface area contributed by atoms with Gasteiger partial charge in [0, 0.05) is 63.1 Å². The van der Waals surface area contributed by atoms with Crippen LogP contribution in [0.4, 0.5) is 11.4 Å². The Balaban J connectivity index is 1.61. The fourth-order valence-electron chi connectivity index (χ4n) is 4.20. The minimum Gasteiger partial charge on any atom is -0.465 e. The summed E-state index contributed by atoms with van der Waals surface area (Å²) in [4.78, 5) is 40.1. The third kappa shape index (κ3) is 6.09. The maximum absolute atomic E-state index is 14.0. The van der Waals surface area contributed by atoms with Crippen molar-refractivity contribution in [2.45, 2.75) is 19.4 Å². The van der Waals surface area contributed by atoms with Crippen molar-refractivity contribution in [1.82, 2.24) is 9.80 Å². The summed E-state index contributed by atoms with van der Waals surface area (Å²) in [6.45, 7) is -16.8. The highest BCUT2D eigenvalue weighted by Crippen LogP contribution is 2.39. The molecule has 0 aromatic heterocycles. The maximum Gasteiger partial charge on any atom is 0.337 e. The Bertz CT molecular complexity index is 2110. The minimum atomic E-state index is -3.90. The lowest BCUT2D eigenvalue weighted by atomic mass is 9.90. The summed E-state index contributed by atoms with van der Waals surface area (Å²) in [6.07, 6.45) is -0.104. The van der Waals surface area contributed by atoms with Gasteiger partial charge in [-0.05, 0) is 61.3 Å². The number of esters is 1. The summed E-state index contributed by atoms with van der Waals surface area (Å²) < 4.78 is 132. The van der Waals surface area contributed by atoms with Crippen molar-refractivity contribution >= 4 is 40.3 Å². The quantitative estimate of drug-likeness (QED) is 0.341. The number of carbonyl (C=O) groups is 3. The number of fused-ring (bicyclic) bond motifs is 1. The molecule has 8 nitrogen and oxygen atoms in total. The SMILES string of the molecule is [2H]c1c([2H])c2c(c([2H])c1C(=O)OC)NC(=O)/C2=C(\Cc1ccc(N(C(=O)C([2H])([2H])N2C([2H])([2H])C([2H])([2H])N(C)C([2H])(C)C2([2H])[2H])C([2H])([2H])[2H])cc1)c1ccccc1. The Labute approximate surface area is 262 Å². The van der Waals surface area contributed by atoms with Crippen molar-refractivity contribution in [3.8, 4) is 0 Å². The van der Waals surface area contributed by atoms with Gasteiger partial charge in [0.2, 0.25) is 5.91 Å². The summed E-state index contributed by atoms with van der Waals surface area (Å²) in [5, 5.41) is 2.52. The van der Waals surface area contributed by atoms with Crippen LogP contribution in [0.25, 0.3) is 11.1 Å². The number of hydrogen-bond donors (Lipinski definition) is 1. The fourth-order valence-corrected chi connectivity index (χ4v) is 4.20. The number of anilines is 2. The predicted molar refractivity (Wildman–Crippen MR) is 162 cm³/mol. The van der Waals surface area contributed by atoms with E-state index in [1.165, 1.54) is 12.1 Å². The molecule has 1 N–H and O–H groups in total. The van der Waals surface area contributed by atoms with Gasteiger partial charge in [-0.3, -0.25) is 14.5 Å². The van der Waals surface area contributed by atoms with Crippen LogP contribution in [-0.4, -0.2) is 80.7 Å². The number of nitrogens with one attached hydrogen (secondary N) is 1. The van der Waals surface area contributed by atoms with Gasteiger partial charge >= 0.3 is 5.97 Å². The summed E-state index contributed by atoms with van der Waals surface area (Å²) in [7, 11) is 1.97. The number of carbonyl (C=O) groups excluding carboxylic acids is 3. The van der Waals surface area contributed by atoms with Gasteiger partial charge in [0.25, 0.3) is 5.91 Å². The van der Waals surface area contributed by atoms with Gasteiger partial charge in [0.05, 0.1) is 31.6 Å². The molecular formula is C33H36N4O4. The number of piperazine rings is 1. The van der Waals surface area contributed by atoms with Crippen LogP contribution in [0.15, 0.2) is 72.7 Å². The number of nitrogens with zero attached hydrogens (tertiary/aromatic N) is 3. The Hall–Kier alpha value is -4.27. The zero-order valence-corrected chi connectivity index (χ0v) is 22.4. The van der Waals surface area contributed by atoms with Crippen LogP contribution in [0.3, 0.4) is 0 Å². The molecule has 2 amide bonds. The molecule has 2 aliphatic rings. The first-order valence-electron chi connectivity index (χ1n) is 19.9. The van der Waals surface area contributed by atoms with E-state index in [1.807, 2.05) is 0 Å². The molecule has 0 saturated carbocycles. The van der Waals surface area contributed by atoms with Crippen LogP contribution in [0.5, 0.6) is 0 Å². The van der Waals surface area contributed by atoms with Crippen molar-refractivity contribution in [3.63, 3.8) is 0 Å². The van der Waals surface area contributed by atoms with Crippen molar-refractivity contribution in [2.75, 3.05) is 57.3 Å². The van der Waals surface area contributed by atoms with E-state index in [4.69, 9.17) is 20.6 Å². The standard InChI is InChI=1S/C33H36N4O4/c1-22-20-37(17-16-35(22)2)21-30(38)36(3)26-13-10-23(11-14-26)18-28(24-8-6-5-7-9-24)31-27-15-12-25(33(40)41-4)19-29(27)34-32(31)39/h5-15,19,22H,16-18,20-21H2,1-4H3,(H,34,39)/b31-28+/i3D3,12D,15D,16D2,17D2,19D,20D2,21D2,22D. The average Bonchev–Trinajstić information content (AvgIpc) is 3.45. The Morgan fingerprint density at radius 1 is 1.17 bits per heavy atom. The van der Waals surface area contributed by atoms with Crippen LogP contribution in [0.2, 0.25) is 0 Å². The average molecular weight is 568 g/mol. The number of rotatable bonds is 7. The topological polar surface area (TPSA) is 82.2 Å². The molecule has 2 heterocycles. The highest BCUT2D eigenvalue weighted by atomic mass is 16.5. The van der Waals surface area contributed by atoms with Crippen molar-refractivity contribution in [2.24, 2.45) is 0 Å². The molecule has 1 saturated heterocycles. The molecule has 1 fully saturated rings. The lowest BCUT2D eigenvalue weighted by Crippen LogP contribution is -2.52. The smallest absolute Gasteiger partial charge is 0.337 e. The molecule has 41 heavy (non-hydrogen) atoms. The molecule has 8 heteroatoms. The minimum absolute atomic E-state index is 0.00612. The molecule has 1 unspecified atom stereocenters. The Morgan fingerprint density at radius 2 is 1.93 bits per heavy atom. The lowest BCUT2D eigenvalue weighted by molar-refractivity contribution is -0.120. The molecule has 212 valence electrons. The number of allylic oxidation sites excluding steroid dienone is 1. The molecule has 1 atom stereocenters. The normalized spacial score (nSPS) is 29.9. The second-order valence-electron chi connectivity index (χ2n) is 9.08. The van der Waals surface area contributed by atoms with Gasteiger partial charge in [-0.1, -0.05) is 48.5 Å². The number of hydrogen-bond acceptors (Lipinski definition) is 6. The molecule has 0 spiro atoms. The molecule has 3 aromatic carbocycles. The second kappa shape index (κ2) is 12.1. The number of benzene rings is 3. The van der Waals surface area contributed by atoms with Crippen LogP contribution in [0.1, 0.15) is 54.5 Å². The monoisotopic (exact) mass is 567 g/mol. The molecular weight excluding hydrogens is 516 g/mol. The van der Waals surface area contributed by atoms with Crippen LogP contribution in [-0.2, 0) is 20.7 Å². The molecule has 2 aliphatic heterocycles. The highest BCUT2D eigenvalue weighted by molar-refractivity contribution is 6.37. The third-order valence-electron chi connectivity index (χ3n) is 6.43.